The maximum atomic E-state index is 13.9. The van der Waals surface area contributed by atoms with Gasteiger partial charge in [0, 0.05) is 17.9 Å². The summed E-state index contributed by atoms with van der Waals surface area (Å²) in [5.74, 6) is -0.681. The van der Waals surface area contributed by atoms with E-state index in [0.29, 0.717) is 16.3 Å². The number of hydrogen-bond acceptors (Lipinski definition) is 1. The Morgan fingerprint density at radius 2 is 2.17 bits per heavy atom. The molecule has 1 aromatic carbocycles. The summed E-state index contributed by atoms with van der Waals surface area (Å²) in [5.41, 5.74) is 0.150. The molecule has 2 nitrogen and oxygen atoms in total. The van der Waals surface area contributed by atoms with Crippen LogP contribution in [0.3, 0.4) is 0 Å². The van der Waals surface area contributed by atoms with Gasteiger partial charge in [-0.1, -0.05) is 22.0 Å². The third-order valence-electron chi connectivity index (χ3n) is 3.28. The number of carbonyl (C=O) groups excluding carboxylic acids is 1. The number of benzene rings is 1. The standard InChI is InChI=1S/C13H14Br2FNO/c14-7-8-17(9-3-1-4-9)13(18)10-5-2-6-11(15)12(10)16/h2,5-6,9H,1,3-4,7-8H2. The first-order valence-corrected chi connectivity index (χ1v) is 7.87. The van der Waals surface area contributed by atoms with Crippen LogP contribution in [-0.2, 0) is 0 Å². The van der Waals surface area contributed by atoms with Gasteiger partial charge in [0.15, 0.2) is 0 Å². The fourth-order valence-corrected chi connectivity index (χ4v) is 2.81. The second-order valence-electron chi connectivity index (χ2n) is 4.37. The van der Waals surface area contributed by atoms with E-state index in [1.165, 1.54) is 0 Å². The molecule has 1 amide bonds. The van der Waals surface area contributed by atoms with Gasteiger partial charge in [0.25, 0.3) is 5.91 Å². The second-order valence-corrected chi connectivity index (χ2v) is 6.02. The van der Waals surface area contributed by atoms with Gasteiger partial charge in [-0.05, 0) is 47.3 Å². The van der Waals surface area contributed by atoms with E-state index in [9.17, 15) is 9.18 Å². The first kappa shape index (κ1) is 14.0. The van der Waals surface area contributed by atoms with Crippen molar-refractivity contribution in [3.63, 3.8) is 0 Å². The Labute approximate surface area is 123 Å². The van der Waals surface area contributed by atoms with Gasteiger partial charge in [-0.2, -0.15) is 0 Å². The number of halogens is 3. The lowest BCUT2D eigenvalue weighted by Crippen LogP contribution is -2.45. The Kier molecular flexibility index (Phi) is 4.78. The molecule has 0 unspecified atom stereocenters. The van der Waals surface area contributed by atoms with Crippen molar-refractivity contribution in [1.82, 2.24) is 4.90 Å². The molecule has 2 rings (SSSR count). The molecular weight excluding hydrogens is 365 g/mol. The van der Waals surface area contributed by atoms with Gasteiger partial charge in [0.05, 0.1) is 10.0 Å². The van der Waals surface area contributed by atoms with Gasteiger partial charge in [-0.25, -0.2) is 4.39 Å². The summed E-state index contributed by atoms with van der Waals surface area (Å²) in [6.45, 7) is 0.620. The van der Waals surface area contributed by atoms with Crippen LogP contribution in [0, 0.1) is 5.82 Å². The molecule has 1 fully saturated rings. The van der Waals surface area contributed by atoms with Crippen LogP contribution in [0.4, 0.5) is 4.39 Å². The molecule has 0 heterocycles. The highest BCUT2D eigenvalue weighted by atomic mass is 79.9. The lowest BCUT2D eigenvalue weighted by atomic mass is 9.91. The quantitative estimate of drug-likeness (QED) is 0.725. The van der Waals surface area contributed by atoms with Crippen LogP contribution in [0.15, 0.2) is 22.7 Å². The Bertz CT molecular complexity index is 449. The Morgan fingerprint density at radius 3 is 2.72 bits per heavy atom. The van der Waals surface area contributed by atoms with Crippen molar-refractivity contribution in [3.8, 4) is 0 Å². The molecule has 0 aliphatic heterocycles. The van der Waals surface area contributed by atoms with Gasteiger partial charge >= 0.3 is 0 Å². The maximum Gasteiger partial charge on any atom is 0.257 e. The third-order valence-corrected chi connectivity index (χ3v) is 4.25. The fourth-order valence-electron chi connectivity index (χ4n) is 2.06. The van der Waals surface area contributed by atoms with Gasteiger partial charge in [-0.3, -0.25) is 4.79 Å². The molecule has 0 N–H and O–H groups in total. The van der Waals surface area contributed by atoms with E-state index in [1.54, 1.807) is 23.1 Å². The maximum absolute atomic E-state index is 13.9. The van der Waals surface area contributed by atoms with E-state index < -0.39 is 5.82 Å². The number of hydrogen-bond donors (Lipinski definition) is 0. The summed E-state index contributed by atoms with van der Waals surface area (Å²) in [6, 6.07) is 5.11. The van der Waals surface area contributed by atoms with Gasteiger partial charge in [-0.15, -0.1) is 0 Å². The van der Waals surface area contributed by atoms with E-state index in [-0.39, 0.29) is 17.5 Å². The fraction of sp³-hybridized carbons (Fsp3) is 0.462. The van der Waals surface area contributed by atoms with Crippen LogP contribution in [0.5, 0.6) is 0 Å². The summed E-state index contributed by atoms with van der Waals surface area (Å²) >= 11 is 6.46. The number of amides is 1. The average Bonchev–Trinajstić information content (AvgIpc) is 2.29. The number of rotatable bonds is 4. The van der Waals surface area contributed by atoms with Gasteiger partial charge in [0.2, 0.25) is 0 Å². The minimum atomic E-state index is -0.471. The normalized spacial score (nSPS) is 15.3. The van der Waals surface area contributed by atoms with Crippen LogP contribution in [0.2, 0.25) is 0 Å². The molecule has 18 heavy (non-hydrogen) atoms. The Balaban J connectivity index is 2.24. The molecule has 5 heteroatoms. The third kappa shape index (κ3) is 2.77. The smallest absolute Gasteiger partial charge is 0.257 e. The predicted molar refractivity (Wildman–Crippen MR) is 76.6 cm³/mol. The van der Waals surface area contributed by atoms with Gasteiger partial charge < -0.3 is 4.90 Å². The summed E-state index contributed by atoms with van der Waals surface area (Å²) in [6.07, 6.45) is 3.19. The van der Waals surface area contributed by atoms with Crippen molar-refractivity contribution in [2.75, 3.05) is 11.9 Å². The number of alkyl halides is 1. The molecule has 98 valence electrons. The zero-order chi connectivity index (χ0) is 13.1. The summed E-state index contributed by atoms with van der Waals surface area (Å²) in [4.78, 5) is 14.2. The highest BCUT2D eigenvalue weighted by Gasteiger charge is 2.30. The second kappa shape index (κ2) is 6.15. The summed E-state index contributed by atoms with van der Waals surface area (Å²) < 4.78 is 14.3. The predicted octanol–water partition coefficient (Wildman–Crippen LogP) is 3.98. The SMILES string of the molecule is O=C(c1cccc(Br)c1F)N(CCBr)C1CCC1. The molecule has 0 aromatic heterocycles. The van der Waals surface area contributed by atoms with Crippen molar-refractivity contribution in [2.45, 2.75) is 25.3 Å². The first-order chi connectivity index (χ1) is 8.65. The minimum absolute atomic E-state index is 0.150. The lowest BCUT2D eigenvalue weighted by Gasteiger charge is -2.37. The topological polar surface area (TPSA) is 20.3 Å². The Morgan fingerprint density at radius 1 is 1.44 bits per heavy atom. The molecule has 0 bridgehead atoms. The minimum Gasteiger partial charge on any atom is -0.335 e. The molecular formula is C13H14Br2FNO. The number of carbonyl (C=O) groups is 1. The molecule has 1 saturated carbocycles. The molecule has 1 aliphatic rings. The van der Waals surface area contributed by atoms with Crippen molar-refractivity contribution in [2.24, 2.45) is 0 Å². The van der Waals surface area contributed by atoms with E-state index in [2.05, 4.69) is 31.9 Å². The molecule has 1 aliphatic carbocycles. The zero-order valence-corrected chi connectivity index (χ0v) is 13.0. The lowest BCUT2D eigenvalue weighted by molar-refractivity contribution is 0.0594. The first-order valence-electron chi connectivity index (χ1n) is 5.96. The van der Waals surface area contributed by atoms with Crippen LogP contribution < -0.4 is 0 Å². The highest BCUT2D eigenvalue weighted by Crippen LogP contribution is 2.28. The Hall–Kier alpha value is -0.420. The van der Waals surface area contributed by atoms with Crippen molar-refractivity contribution >= 4 is 37.8 Å². The summed E-state index contributed by atoms with van der Waals surface area (Å²) in [5, 5.41) is 0.713. The van der Waals surface area contributed by atoms with Crippen molar-refractivity contribution in [3.05, 3.63) is 34.1 Å². The van der Waals surface area contributed by atoms with Crippen molar-refractivity contribution in [1.29, 1.82) is 0 Å². The zero-order valence-electron chi connectivity index (χ0n) is 9.83. The monoisotopic (exact) mass is 377 g/mol. The van der Waals surface area contributed by atoms with E-state index in [0.717, 1.165) is 19.3 Å². The van der Waals surface area contributed by atoms with Crippen LogP contribution in [-0.4, -0.2) is 28.7 Å². The largest absolute Gasteiger partial charge is 0.335 e. The van der Waals surface area contributed by atoms with Crippen LogP contribution >= 0.6 is 31.9 Å². The van der Waals surface area contributed by atoms with Crippen LogP contribution in [0.25, 0.3) is 0 Å². The molecule has 1 aromatic rings. The van der Waals surface area contributed by atoms with E-state index in [1.807, 2.05) is 0 Å². The van der Waals surface area contributed by atoms with Crippen molar-refractivity contribution < 1.29 is 9.18 Å². The van der Waals surface area contributed by atoms with Gasteiger partial charge in [0.1, 0.15) is 5.82 Å². The average molecular weight is 379 g/mol. The summed E-state index contributed by atoms with van der Waals surface area (Å²) in [7, 11) is 0. The highest BCUT2D eigenvalue weighted by molar-refractivity contribution is 9.10. The molecule has 0 saturated heterocycles. The molecule has 0 radical (unpaired) electrons. The molecule has 0 spiro atoms. The van der Waals surface area contributed by atoms with E-state index in [4.69, 9.17) is 0 Å². The van der Waals surface area contributed by atoms with Crippen LogP contribution in [0.1, 0.15) is 29.6 Å². The number of nitrogens with zero attached hydrogens (tertiary/aromatic N) is 1. The molecule has 0 atom stereocenters. The van der Waals surface area contributed by atoms with E-state index >= 15 is 0 Å².